The standard InChI is InChI=1S/C16H22ClNO2/c17-14-3-1-13(2-4-14)7-10-18-15-5-8-16(9-6-15)19-11-12-20-16/h1-4,15,18H,5-12H2. The highest BCUT2D eigenvalue weighted by molar-refractivity contribution is 6.30. The molecule has 0 radical (unpaired) electrons. The van der Waals surface area contributed by atoms with Crippen LogP contribution in [0, 0.1) is 0 Å². The topological polar surface area (TPSA) is 30.5 Å². The second-order valence-corrected chi connectivity index (χ2v) is 6.15. The van der Waals surface area contributed by atoms with Gasteiger partial charge in [0.1, 0.15) is 0 Å². The summed E-state index contributed by atoms with van der Waals surface area (Å²) in [5.74, 6) is -0.242. The molecule has 4 heteroatoms. The fourth-order valence-corrected chi connectivity index (χ4v) is 3.25. The predicted molar refractivity (Wildman–Crippen MR) is 80.0 cm³/mol. The van der Waals surface area contributed by atoms with E-state index in [0.29, 0.717) is 6.04 Å². The van der Waals surface area contributed by atoms with Crippen molar-refractivity contribution in [1.82, 2.24) is 5.32 Å². The smallest absolute Gasteiger partial charge is 0.168 e. The Kier molecular flexibility index (Phi) is 4.61. The highest BCUT2D eigenvalue weighted by Crippen LogP contribution is 2.35. The first-order valence-corrected chi connectivity index (χ1v) is 7.89. The zero-order valence-corrected chi connectivity index (χ0v) is 12.5. The van der Waals surface area contributed by atoms with E-state index in [0.717, 1.165) is 56.9 Å². The SMILES string of the molecule is Clc1ccc(CCNC2CCC3(CC2)OCCO3)cc1. The molecular weight excluding hydrogens is 274 g/mol. The zero-order valence-electron chi connectivity index (χ0n) is 11.7. The first-order valence-electron chi connectivity index (χ1n) is 7.52. The van der Waals surface area contributed by atoms with Crippen molar-refractivity contribution in [2.45, 2.75) is 43.9 Å². The summed E-state index contributed by atoms with van der Waals surface area (Å²) >= 11 is 5.89. The molecule has 1 saturated heterocycles. The third kappa shape index (κ3) is 3.53. The predicted octanol–water partition coefficient (Wildman–Crippen LogP) is 3.16. The van der Waals surface area contributed by atoms with Crippen molar-refractivity contribution in [3.05, 3.63) is 34.9 Å². The number of ether oxygens (including phenoxy) is 2. The summed E-state index contributed by atoms with van der Waals surface area (Å²) in [6.07, 6.45) is 5.37. The van der Waals surface area contributed by atoms with Crippen LogP contribution < -0.4 is 5.32 Å². The molecule has 3 rings (SSSR count). The van der Waals surface area contributed by atoms with Gasteiger partial charge in [0.05, 0.1) is 13.2 Å². The van der Waals surface area contributed by atoms with E-state index >= 15 is 0 Å². The fourth-order valence-electron chi connectivity index (χ4n) is 3.12. The Balaban J connectivity index is 1.38. The van der Waals surface area contributed by atoms with Gasteiger partial charge in [-0.05, 0) is 43.5 Å². The van der Waals surface area contributed by atoms with E-state index in [9.17, 15) is 0 Å². The molecule has 1 heterocycles. The molecule has 0 atom stereocenters. The lowest BCUT2D eigenvalue weighted by molar-refractivity contribution is -0.179. The lowest BCUT2D eigenvalue weighted by Crippen LogP contribution is -2.42. The van der Waals surface area contributed by atoms with E-state index in [1.165, 1.54) is 5.56 Å². The second-order valence-electron chi connectivity index (χ2n) is 5.71. The summed E-state index contributed by atoms with van der Waals surface area (Å²) in [7, 11) is 0. The van der Waals surface area contributed by atoms with Gasteiger partial charge in [-0.3, -0.25) is 0 Å². The monoisotopic (exact) mass is 295 g/mol. The van der Waals surface area contributed by atoms with Crippen LogP contribution in [-0.2, 0) is 15.9 Å². The molecule has 1 aliphatic carbocycles. The summed E-state index contributed by atoms with van der Waals surface area (Å²) in [5, 5.41) is 4.45. The molecular formula is C16H22ClNO2. The van der Waals surface area contributed by atoms with Crippen LogP contribution >= 0.6 is 11.6 Å². The minimum Gasteiger partial charge on any atom is -0.348 e. The molecule has 1 aromatic carbocycles. The number of nitrogens with one attached hydrogen (secondary N) is 1. The van der Waals surface area contributed by atoms with Crippen molar-refractivity contribution in [2.75, 3.05) is 19.8 Å². The van der Waals surface area contributed by atoms with Crippen LogP contribution in [-0.4, -0.2) is 31.6 Å². The molecule has 0 amide bonds. The molecule has 20 heavy (non-hydrogen) atoms. The Morgan fingerprint density at radius 1 is 1.10 bits per heavy atom. The van der Waals surface area contributed by atoms with Crippen molar-refractivity contribution in [2.24, 2.45) is 0 Å². The molecule has 0 bridgehead atoms. The number of benzene rings is 1. The maximum Gasteiger partial charge on any atom is 0.168 e. The van der Waals surface area contributed by atoms with Gasteiger partial charge in [-0.2, -0.15) is 0 Å². The average Bonchev–Trinajstić information content (AvgIpc) is 2.92. The average molecular weight is 296 g/mol. The number of hydrogen-bond acceptors (Lipinski definition) is 3. The van der Waals surface area contributed by atoms with E-state index in [1.54, 1.807) is 0 Å². The fraction of sp³-hybridized carbons (Fsp3) is 0.625. The van der Waals surface area contributed by atoms with Crippen LogP contribution in [0.5, 0.6) is 0 Å². The quantitative estimate of drug-likeness (QED) is 0.925. The Morgan fingerprint density at radius 3 is 2.40 bits per heavy atom. The molecule has 1 N–H and O–H groups in total. The van der Waals surface area contributed by atoms with Crippen molar-refractivity contribution in [1.29, 1.82) is 0 Å². The molecule has 1 aromatic rings. The highest BCUT2D eigenvalue weighted by Gasteiger charge is 2.39. The van der Waals surface area contributed by atoms with Crippen LogP contribution in [0.25, 0.3) is 0 Å². The highest BCUT2D eigenvalue weighted by atomic mass is 35.5. The van der Waals surface area contributed by atoms with E-state index in [1.807, 2.05) is 12.1 Å². The molecule has 1 spiro atoms. The normalized spacial score (nSPS) is 22.4. The van der Waals surface area contributed by atoms with E-state index in [-0.39, 0.29) is 5.79 Å². The molecule has 1 aliphatic heterocycles. The maximum absolute atomic E-state index is 5.89. The summed E-state index contributed by atoms with van der Waals surface area (Å²) in [4.78, 5) is 0. The van der Waals surface area contributed by atoms with Gasteiger partial charge in [-0.1, -0.05) is 23.7 Å². The Bertz CT molecular complexity index is 419. The van der Waals surface area contributed by atoms with Crippen LogP contribution in [0.15, 0.2) is 24.3 Å². The minimum absolute atomic E-state index is 0.242. The lowest BCUT2D eigenvalue weighted by Gasteiger charge is -2.35. The van der Waals surface area contributed by atoms with Crippen molar-refractivity contribution < 1.29 is 9.47 Å². The van der Waals surface area contributed by atoms with Gasteiger partial charge >= 0.3 is 0 Å². The summed E-state index contributed by atoms with van der Waals surface area (Å²) in [5.41, 5.74) is 1.33. The Morgan fingerprint density at radius 2 is 1.75 bits per heavy atom. The number of halogens is 1. The number of rotatable bonds is 4. The molecule has 2 aliphatic rings. The van der Waals surface area contributed by atoms with E-state index in [2.05, 4.69) is 17.4 Å². The van der Waals surface area contributed by atoms with Crippen LogP contribution in [0.2, 0.25) is 5.02 Å². The van der Waals surface area contributed by atoms with Gasteiger partial charge in [-0.15, -0.1) is 0 Å². The van der Waals surface area contributed by atoms with Crippen LogP contribution in [0.3, 0.4) is 0 Å². The third-order valence-electron chi connectivity index (χ3n) is 4.32. The van der Waals surface area contributed by atoms with E-state index < -0.39 is 0 Å². The molecule has 3 nitrogen and oxygen atoms in total. The van der Waals surface area contributed by atoms with Crippen LogP contribution in [0.4, 0.5) is 0 Å². The van der Waals surface area contributed by atoms with Gasteiger partial charge in [0, 0.05) is 23.9 Å². The minimum atomic E-state index is -0.242. The molecule has 1 saturated carbocycles. The summed E-state index contributed by atoms with van der Waals surface area (Å²) in [6.45, 7) is 2.53. The molecule has 0 aromatic heterocycles. The van der Waals surface area contributed by atoms with Crippen LogP contribution in [0.1, 0.15) is 31.2 Å². The van der Waals surface area contributed by atoms with E-state index in [4.69, 9.17) is 21.1 Å². The zero-order chi connectivity index (χ0) is 13.8. The van der Waals surface area contributed by atoms with Gasteiger partial charge in [-0.25, -0.2) is 0 Å². The van der Waals surface area contributed by atoms with Gasteiger partial charge in [0.15, 0.2) is 5.79 Å². The maximum atomic E-state index is 5.89. The first-order chi connectivity index (χ1) is 9.76. The van der Waals surface area contributed by atoms with Gasteiger partial charge in [0.25, 0.3) is 0 Å². The third-order valence-corrected chi connectivity index (χ3v) is 4.57. The summed E-state index contributed by atoms with van der Waals surface area (Å²) < 4.78 is 11.5. The first kappa shape index (κ1) is 14.3. The molecule has 110 valence electrons. The molecule has 2 fully saturated rings. The van der Waals surface area contributed by atoms with Crippen molar-refractivity contribution >= 4 is 11.6 Å². The molecule has 0 unspecified atom stereocenters. The second kappa shape index (κ2) is 6.44. The summed E-state index contributed by atoms with van der Waals surface area (Å²) in [6, 6.07) is 8.70. The van der Waals surface area contributed by atoms with Gasteiger partial charge < -0.3 is 14.8 Å². The Hall–Kier alpha value is -0.610. The lowest BCUT2D eigenvalue weighted by atomic mass is 9.90. The van der Waals surface area contributed by atoms with Crippen molar-refractivity contribution in [3.8, 4) is 0 Å². The van der Waals surface area contributed by atoms with Gasteiger partial charge in [0.2, 0.25) is 0 Å². The number of hydrogen-bond donors (Lipinski definition) is 1. The van der Waals surface area contributed by atoms with Crippen molar-refractivity contribution in [3.63, 3.8) is 0 Å². The Labute approximate surface area is 125 Å². The largest absolute Gasteiger partial charge is 0.348 e.